The fourth-order valence-corrected chi connectivity index (χ4v) is 2.37. The van der Waals surface area contributed by atoms with Crippen LogP contribution in [0.1, 0.15) is 44.6 Å². The monoisotopic (exact) mass is 303 g/mol. The van der Waals surface area contributed by atoms with Gasteiger partial charge in [-0.1, -0.05) is 57.5 Å². The van der Waals surface area contributed by atoms with Gasteiger partial charge in [-0.3, -0.25) is 0 Å². The Balaban J connectivity index is 2.46. The third-order valence-corrected chi connectivity index (χ3v) is 3.81. The first-order valence-corrected chi connectivity index (χ1v) is 7.60. The number of aromatic nitrogens is 2. The van der Waals surface area contributed by atoms with Gasteiger partial charge in [-0.15, -0.1) is 0 Å². The van der Waals surface area contributed by atoms with Crippen molar-refractivity contribution in [3.8, 4) is 0 Å². The average Bonchev–Trinajstić information content (AvgIpc) is 2.43. The Bertz CT molecular complexity index is 645. The number of benzene rings is 1. The lowest BCUT2D eigenvalue weighted by Gasteiger charge is -2.23. The molecule has 0 saturated carbocycles. The normalized spacial score (nSPS) is 11.5. The van der Waals surface area contributed by atoms with Crippen LogP contribution in [0.15, 0.2) is 24.3 Å². The molecule has 0 atom stereocenters. The van der Waals surface area contributed by atoms with Gasteiger partial charge in [0.1, 0.15) is 16.8 Å². The van der Waals surface area contributed by atoms with Crippen molar-refractivity contribution < 1.29 is 0 Å². The van der Waals surface area contributed by atoms with Gasteiger partial charge in [-0.25, -0.2) is 9.97 Å². The topological polar surface area (TPSA) is 37.8 Å². The van der Waals surface area contributed by atoms with E-state index in [1.165, 1.54) is 5.56 Å². The van der Waals surface area contributed by atoms with Crippen LogP contribution in [0, 0.1) is 6.92 Å². The second-order valence-electron chi connectivity index (χ2n) is 6.18. The number of aryl methyl sites for hydroxylation is 1. The van der Waals surface area contributed by atoms with E-state index in [0.29, 0.717) is 5.15 Å². The molecule has 0 fully saturated rings. The van der Waals surface area contributed by atoms with Crippen molar-refractivity contribution in [2.75, 3.05) is 5.32 Å². The highest BCUT2D eigenvalue weighted by molar-refractivity contribution is 6.30. The quantitative estimate of drug-likeness (QED) is 0.807. The van der Waals surface area contributed by atoms with E-state index >= 15 is 0 Å². The molecule has 21 heavy (non-hydrogen) atoms. The van der Waals surface area contributed by atoms with Gasteiger partial charge in [0.05, 0.1) is 0 Å². The number of hydrogen-bond donors (Lipinski definition) is 1. The number of rotatable bonds is 3. The molecule has 3 nitrogen and oxygen atoms in total. The van der Waals surface area contributed by atoms with Crippen LogP contribution < -0.4 is 5.32 Å². The summed E-state index contributed by atoms with van der Waals surface area (Å²) in [4.78, 5) is 8.84. The predicted molar refractivity (Wildman–Crippen MR) is 89.6 cm³/mol. The molecule has 1 aromatic heterocycles. The lowest BCUT2D eigenvalue weighted by atomic mass is 9.86. The molecule has 0 saturated heterocycles. The summed E-state index contributed by atoms with van der Waals surface area (Å²) in [6.07, 6.45) is 0.760. The second kappa shape index (κ2) is 6.02. The Morgan fingerprint density at radius 3 is 2.43 bits per heavy atom. The van der Waals surface area contributed by atoms with E-state index in [2.05, 4.69) is 54.3 Å². The number of anilines is 2. The minimum atomic E-state index is 0.0574. The fraction of sp³-hybridized carbons (Fsp3) is 0.412. The smallest absolute Gasteiger partial charge is 0.138 e. The lowest BCUT2D eigenvalue weighted by molar-refractivity contribution is 0.592. The van der Waals surface area contributed by atoms with Gasteiger partial charge in [0, 0.05) is 17.7 Å². The van der Waals surface area contributed by atoms with Crippen molar-refractivity contribution in [3.05, 3.63) is 46.4 Å². The Kier molecular flexibility index (Phi) is 4.52. The molecular weight excluding hydrogens is 282 g/mol. The first-order chi connectivity index (χ1) is 9.82. The molecule has 0 aliphatic rings. The van der Waals surface area contributed by atoms with Crippen LogP contribution in [0.5, 0.6) is 0 Å². The molecule has 2 rings (SSSR count). The SMILES string of the molecule is CCc1nc(Cl)c(C)c(Nc2ccccc2C(C)(C)C)n1. The first-order valence-electron chi connectivity index (χ1n) is 7.22. The van der Waals surface area contributed by atoms with Crippen LogP contribution in [0.4, 0.5) is 11.5 Å². The number of hydrogen-bond acceptors (Lipinski definition) is 3. The highest BCUT2D eigenvalue weighted by Gasteiger charge is 2.18. The largest absolute Gasteiger partial charge is 0.340 e. The van der Waals surface area contributed by atoms with Gasteiger partial charge < -0.3 is 5.32 Å². The van der Waals surface area contributed by atoms with Crippen LogP contribution >= 0.6 is 11.6 Å². The molecule has 0 aliphatic carbocycles. The highest BCUT2D eigenvalue weighted by Crippen LogP contribution is 2.32. The maximum Gasteiger partial charge on any atom is 0.138 e. The molecule has 1 heterocycles. The van der Waals surface area contributed by atoms with Gasteiger partial charge in [-0.2, -0.15) is 0 Å². The van der Waals surface area contributed by atoms with E-state index in [-0.39, 0.29) is 5.41 Å². The van der Waals surface area contributed by atoms with Crippen molar-refractivity contribution in [2.45, 2.75) is 46.5 Å². The maximum absolute atomic E-state index is 6.20. The van der Waals surface area contributed by atoms with Crippen LogP contribution in [0.25, 0.3) is 0 Å². The highest BCUT2D eigenvalue weighted by atomic mass is 35.5. The molecule has 1 N–H and O–H groups in total. The summed E-state index contributed by atoms with van der Waals surface area (Å²) in [7, 11) is 0. The molecule has 0 spiro atoms. The molecule has 0 aliphatic heterocycles. The van der Waals surface area contributed by atoms with E-state index in [0.717, 1.165) is 29.3 Å². The Labute approximate surface area is 131 Å². The van der Waals surface area contributed by atoms with E-state index in [1.54, 1.807) is 0 Å². The third kappa shape index (κ3) is 3.53. The Hall–Kier alpha value is -1.61. The molecule has 0 unspecified atom stereocenters. The average molecular weight is 304 g/mol. The molecule has 112 valence electrons. The zero-order valence-electron chi connectivity index (χ0n) is 13.3. The third-order valence-electron chi connectivity index (χ3n) is 3.44. The van der Waals surface area contributed by atoms with Crippen molar-refractivity contribution in [2.24, 2.45) is 0 Å². The van der Waals surface area contributed by atoms with Crippen molar-refractivity contribution in [1.82, 2.24) is 9.97 Å². The molecule has 0 amide bonds. The van der Waals surface area contributed by atoms with E-state index in [1.807, 2.05) is 19.9 Å². The standard InChI is InChI=1S/C17H22ClN3/c1-6-14-20-15(18)11(2)16(21-14)19-13-10-8-7-9-12(13)17(3,4)5/h7-10H,6H2,1-5H3,(H,19,20,21). The summed E-state index contributed by atoms with van der Waals surface area (Å²) >= 11 is 6.20. The van der Waals surface area contributed by atoms with E-state index < -0.39 is 0 Å². The second-order valence-corrected chi connectivity index (χ2v) is 6.54. The number of halogens is 1. The van der Waals surface area contributed by atoms with Crippen LogP contribution in [-0.2, 0) is 11.8 Å². The van der Waals surface area contributed by atoms with Gasteiger partial charge in [-0.05, 0) is 24.0 Å². The molecule has 1 aromatic carbocycles. The summed E-state index contributed by atoms with van der Waals surface area (Å²) in [5, 5.41) is 3.94. The number of nitrogens with one attached hydrogen (secondary N) is 1. The molecular formula is C17H22ClN3. The van der Waals surface area contributed by atoms with Gasteiger partial charge in [0.25, 0.3) is 0 Å². The first kappa shape index (κ1) is 15.8. The van der Waals surface area contributed by atoms with Gasteiger partial charge >= 0.3 is 0 Å². The summed E-state index contributed by atoms with van der Waals surface area (Å²) < 4.78 is 0. The van der Waals surface area contributed by atoms with Crippen molar-refractivity contribution >= 4 is 23.1 Å². The molecule has 0 radical (unpaired) electrons. The summed E-state index contributed by atoms with van der Waals surface area (Å²) in [6, 6.07) is 8.29. The molecule has 0 bridgehead atoms. The van der Waals surface area contributed by atoms with Crippen molar-refractivity contribution in [3.63, 3.8) is 0 Å². The van der Waals surface area contributed by atoms with Crippen molar-refractivity contribution in [1.29, 1.82) is 0 Å². The van der Waals surface area contributed by atoms with Crippen LogP contribution in [0.2, 0.25) is 5.15 Å². The van der Waals surface area contributed by atoms with Gasteiger partial charge in [0.2, 0.25) is 0 Å². The number of nitrogens with zero attached hydrogens (tertiary/aromatic N) is 2. The summed E-state index contributed by atoms with van der Waals surface area (Å²) in [5.74, 6) is 1.53. The van der Waals surface area contributed by atoms with Gasteiger partial charge in [0.15, 0.2) is 0 Å². The summed E-state index contributed by atoms with van der Waals surface area (Å²) in [6.45, 7) is 10.6. The zero-order valence-corrected chi connectivity index (χ0v) is 14.0. The zero-order chi connectivity index (χ0) is 15.6. The van der Waals surface area contributed by atoms with Crippen LogP contribution in [-0.4, -0.2) is 9.97 Å². The fourth-order valence-electron chi connectivity index (χ4n) is 2.19. The maximum atomic E-state index is 6.20. The Morgan fingerprint density at radius 2 is 1.81 bits per heavy atom. The summed E-state index contributed by atoms with van der Waals surface area (Å²) in [5.41, 5.74) is 3.24. The van der Waals surface area contributed by atoms with E-state index in [9.17, 15) is 0 Å². The minimum Gasteiger partial charge on any atom is -0.340 e. The lowest BCUT2D eigenvalue weighted by Crippen LogP contribution is -2.14. The molecule has 2 aromatic rings. The predicted octanol–water partition coefficient (Wildman–Crippen LogP) is 5.04. The van der Waals surface area contributed by atoms with Crippen LogP contribution in [0.3, 0.4) is 0 Å². The van der Waals surface area contributed by atoms with E-state index in [4.69, 9.17) is 11.6 Å². The minimum absolute atomic E-state index is 0.0574. The number of para-hydroxylation sites is 1. The Morgan fingerprint density at radius 1 is 1.14 bits per heavy atom. The molecule has 4 heteroatoms.